The normalized spacial score (nSPS) is 51.3. The number of ketones is 1. The number of hydrogen-bond acceptors (Lipinski definition) is 2. The van der Waals surface area contributed by atoms with E-state index in [1.807, 2.05) is 0 Å². The highest BCUT2D eigenvalue weighted by Crippen LogP contribution is 2.67. The molecule has 0 bridgehead atoms. The van der Waals surface area contributed by atoms with Crippen molar-refractivity contribution in [3.05, 3.63) is 23.9 Å². The van der Waals surface area contributed by atoms with Crippen molar-refractivity contribution in [3.8, 4) is 0 Å². The van der Waals surface area contributed by atoms with E-state index < -0.39 is 0 Å². The van der Waals surface area contributed by atoms with Crippen LogP contribution in [0.4, 0.5) is 0 Å². The molecule has 2 heteroatoms. The predicted molar refractivity (Wildman–Crippen MR) is 91.7 cm³/mol. The lowest BCUT2D eigenvalue weighted by Gasteiger charge is -2.59. The van der Waals surface area contributed by atoms with Crippen molar-refractivity contribution in [2.75, 3.05) is 6.54 Å². The number of carbonyl (C=O) groups excluding carboxylic acids is 1. The average Bonchev–Trinajstić information content (AvgIpc) is 3.06. The Morgan fingerprint density at radius 1 is 1.22 bits per heavy atom. The second-order valence-corrected chi connectivity index (χ2v) is 9.28. The minimum absolute atomic E-state index is 0.409. The van der Waals surface area contributed by atoms with Gasteiger partial charge in [0.05, 0.1) is 0 Å². The van der Waals surface area contributed by atoms with Crippen LogP contribution in [0.2, 0.25) is 0 Å². The molecule has 1 spiro atoms. The summed E-state index contributed by atoms with van der Waals surface area (Å²) in [6.45, 7) is 7.92. The smallest absolute Gasteiger partial charge is 0.133 e. The van der Waals surface area contributed by atoms with Crippen LogP contribution in [-0.2, 0) is 4.79 Å². The predicted octanol–water partition coefficient (Wildman–Crippen LogP) is 4.23. The summed E-state index contributed by atoms with van der Waals surface area (Å²) in [5.74, 6) is 3.76. The molecule has 2 nitrogen and oxygen atoms in total. The first kappa shape index (κ1) is 14.3. The lowest BCUT2D eigenvalue weighted by molar-refractivity contribution is -0.137. The first-order chi connectivity index (χ1) is 11.0. The van der Waals surface area contributed by atoms with E-state index in [-0.39, 0.29) is 0 Å². The van der Waals surface area contributed by atoms with Gasteiger partial charge >= 0.3 is 0 Å². The summed E-state index contributed by atoms with van der Waals surface area (Å²) in [5, 5.41) is 3.57. The molecule has 5 rings (SSSR count). The Morgan fingerprint density at radius 3 is 2.96 bits per heavy atom. The maximum absolute atomic E-state index is 12.0. The summed E-state index contributed by atoms with van der Waals surface area (Å²) in [7, 11) is 0. The van der Waals surface area contributed by atoms with Gasteiger partial charge < -0.3 is 5.32 Å². The highest BCUT2D eigenvalue weighted by Gasteiger charge is 2.61. The van der Waals surface area contributed by atoms with Crippen molar-refractivity contribution in [2.24, 2.45) is 34.5 Å². The Labute approximate surface area is 139 Å². The van der Waals surface area contributed by atoms with Gasteiger partial charge in [-0.2, -0.15) is 0 Å². The summed E-state index contributed by atoms with van der Waals surface area (Å²) >= 11 is 0. The fraction of sp³-hybridized carbons (Fsp3) is 0.762. The number of nitrogens with one attached hydrogen (secondary N) is 1. The lowest BCUT2D eigenvalue weighted by atomic mass is 9.45. The maximum atomic E-state index is 12.0. The van der Waals surface area contributed by atoms with E-state index in [4.69, 9.17) is 0 Å². The summed E-state index contributed by atoms with van der Waals surface area (Å²) in [6, 6.07) is 0. The van der Waals surface area contributed by atoms with Crippen molar-refractivity contribution in [1.29, 1.82) is 0 Å². The van der Waals surface area contributed by atoms with Crippen LogP contribution in [0.5, 0.6) is 0 Å². The van der Waals surface area contributed by atoms with Crippen molar-refractivity contribution < 1.29 is 4.79 Å². The zero-order valence-electron chi connectivity index (χ0n) is 14.4. The van der Waals surface area contributed by atoms with Gasteiger partial charge in [-0.1, -0.05) is 19.6 Å². The molecule has 0 aromatic rings. The van der Waals surface area contributed by atoms with E-state index in [9.17, 15) is 4.79 Å². The third kappa shape index (κ3) is 1.68. The Bertz CT molecular complexity index is 619. The topological polar surface area (TPSA) is 29.1 Å². The molecule has 6 atom stereocenters. The van der Waals surface area contributed by atoms with Gasteiger partial charge in [-0.15, -0.1) is 0 Å². The third-order valence-electron chi connectivity index (χ3n) is 8.74. The Hall–Kier alpha value is -1.05. The Kier molecular flexibility index (Phi) is 2.81. The maximum Gasteiger partial charge on any atom is 0.133 e. The van der Waals surface area contributed by atoms with E-state index >= 15 is 0 Å². The number of allylic oxidation sites excluding steroid dienone is 2. The van der Waals surface area contributed by atoms with Crippen LogP contribution in [0.15, 0.2) is 23.9 Å². The zero-order valence-corrected chi connectivity index (χ0v) is 14.4. The van der Waals surface area contributed by atoms with E-state index in [0.29, 0.717) is 22.5 Å². The molecule has 4 fully saturated rings. The molecule has 4 aliphatic carbocycles. The number of Topliss-reactive ketones (excluding diaryl/α,β-unsaturated/α-hetero) is 1. The molecule has 1 unspecified atom stereocenters. The number of carbonyl (C=O) groups is 1. The summed E-state index contributed by atoms with van der Waals surface area (Å²) in [4.78, 5) is 12.0. The summed E-state index contributed by atoms with van der Waals surface area (Å²) in [6.07, 6.45) is 12.0. The van der Waals surface area contributed by atoms with Gasteiger partial charge in [-0.3, -0.25) is 4.79 Å². The van der Waals surface area contributed by atoms with E-state index in [1.165, 1.54) is 37.8 Å². The minimum atomic E-state index is 0.409. The fourth-order valence-electron chi connectivity index (χ4n) is 7.54. The number of fused-ring (bicyclic) bond motifs is 4. The molecule has 0 aromatic heterocycles. The van der Waals surface area contributed by atoms with Gasteiger partial charge in [-0.05, 0) is 73.2 Å². The first-order valence-corrected chi connectivity index (χ1v) is 9.70. The molecule has 1 heterocycles. The van der Waals surface area contributed by atoms with Crippen LogP contribution in [0.3, 0.4) is 0 Å². The van der Waals surface area contributed by atoms with Crippen molar-refractivity contribution in [2.45, 2.75) is 58.3 Å². The molecule has 5 aliphatic rings. The SMILES string of the molecule is C=C1NC[C@]23CC[C@H]4[C@@H](CCC5CC(=O)CC[C@@]54C)[C@@H]2CC=C13. The van der Waals surface area contributed by atoms with Crippen molar-refractivity contribution >= 4 is 5.78 Å². The van der Waals surface area contributed by atoms with E-state index in [0.717, 1.165) is 43.6 Å². The fourth-order valence-corrected chi connectivity index (χ4v) is 7.54. The number of hydrogen-bond donors (Lipinski definition) is 1. The highest BCUT2D eigenvalue weighted by molar-refractivity contribution is 5.79. The molecule has 124 valence electrons. The Morgan fingerprint density at radius 2 is 2.09 bits per heavy atom. The minimum Gasteiger partial charge on any atom is -0.384 e. The van der Waals surface area contributed by atoms with Crippen LogP contribution >= 0.6 is 0 Å². The molecule has 23 heavy (non-hydrogen) atoms. The molecule has 1 saturated heterocycles. The monoisotopic (exact) mass is 311 g/mol. The van der Waals surface area contributed by atoms with Crippen molar-refractivity contribution in [1.82, 2.24) is 5.32 Å². The molecule has 0 amide bonds. The van der Waals surface area contributed by atoms with Gasteiger partial charge in [0.1, 0.15) is 5.78 Å². The van der Waals surface area contributed by atoms with Gasteiger partial charge in [0.15, 0.2) is 0 Å². The molecule has 1 N–H and O–H groups in total. The quantitative estimate of drug-likeness (QED) is 0.725. The number of rotatable bonds is 0. The van der Waals surface area contributed by atoms with Crippen LogP contribution in [0.25, 0.3) is 0 Å². The molecule has 1 aliphatic heterocycles. The van der Waals surface area contributed by atoms with E-state index in [2.05, 4.69) is 24.9 Å². The summed E-state index contributed by atoms with van der Waals surface area (Å²) < 4.78 is 0. The third-order valence-corrected chi connectivity index (χ3v) is 8.74. The largest absolute Gasteiger partial charge is 0.384 e. The lowest BCUT2D eigenvalue weighted by Crippen LogP contribution is -2.54. The van der Waals surface area contributed by atoms with Crippen LogP contribution in [0.1, 0.15) is 58.3 Å². The highest BCUT2D eigenvalue weighted by atomic mass is 16.1. The van der Waals surface area contributed by atoms with Gasteiger partial charge in [0.2, 0.25) is 0 Å². The summed E-state index contributed by atoms with van der Waals surface area (Å²) in [5.41, 5.74) is 3.61. The standard InChI is InChI=1S/C21H29NO/c1-13-17-5-6-19-16-4-3-14-11-15(23)7-9-20(14,2)18(16)8-10-21(17,19)12-22-13/h5,14,16,18-19,22H,1,3-4,6-12H2,2H3/t14?,16-,18+,19+,20+,21+/m1/s1. The second kappa shape index (κ2) is 4.52. The second-order valence-electron chi connectivity index (χ2n) is 9.28. The van der Waals surface area contributed by atoms with Crippen LogP contribution in [0, 0.1) is 34.5 Å². The Balaban J connectivity index is 1.48. The molecule has 3 saturated carbocycles. The van der Waals surface area contributed by atoms with E-state index in [1.54, 1.807) is 5.57 Å². The average molecular weight is 311 g/mol. The van der Waals surface area contributed by atoms with Gasteiger partial charge in [0, 0.05) is 30.5 Å². The molecular weight excluding hydrogens is 282 g/mol. The van der Waals surface area contributed by atoms with Crippen molar-refractivity contribution in [3.63, 3.8) is 0 Å². The van der Waals surface area contributed by atoms with Crippen LogP contribution in [-0.4, -0.2) is 12.3 Å². The first-order valence-electron chi connectivity index (χ1n) is 9.70. The molecular formula is C21H29NO. The van der Waals surface area contributed by atoms with Gasteiger partial charge in [0.25, 0.3) is 0 Å². The molecule has 0 aromatic carbocycles. The van der Waals surface area contributed by atoms with Crippen LogP contribution < -0.4 is 5.32 Å². The molecule has 0 radical (unpaired) electrons. The van der Waals surface area contributed by atoms with Gasteiger partial charge in [-0.25, -0.2) is 0 Å². The zero-order chi connectivity index (χ0) is 15.8.